The number of thiazole rings is 1. The molecule has 2 heterocycles. The van der Waals surface area contributed by atoms with Crippen LogP contribution in [0.1, 0.15) is 6.42 Å². The zero-order valence-corrected chi connectivity index (χ0v) is 17.2. The third-order valence-corrected chi connectivity index (χ3v) is 5.53. The first-order valence-corrected chi connectivity index (χ1v) is 10.7. The molecule has 3 aromatic rings. The highest BCUT2D eigenvalue weighted by Gasteiger charge is 2.23. The lowest BCUT2D eigenvalue weighted by molar-refractivity contribution is 0.153. The Morgan fingerprint density at radius 2 is 1.57 bits per heavy atom. The van der Waals surface area contributed by atoms with Gasteiger partial charge in [-0.3, -0.25) is 5.32 Å². The second-order valence-corrected chi connectivity index (χ2v) is 7.70. The van der Waals surface area contributed by atoms with Crippen molar-refractivity contribution < 1.29 is 14.3 Å². The molecule has 0 aliphatic carbocycles. The molecular formula is C22H22N4O3S. The number of ether oxygens (including phenoxy) is 1. The first kappa shape index (κ1) is 19.9. The van der Waals surface area contributed by atoms with E-state index in [1.165, 1.54) is 11.3 Å². The Hall–Kier alpha value is -3.39. The van der Waals surface area contributed by atoms with Crippen LogP contribution in [0.4, 0.5) is 14.7 Å². The molecule has 1 fully saturated rings. The Balaban J connectivity index is 1.31. The number of amides is 3. The number of hydrogen-bond acceptors (Lipinski definition) is 5. The standard InChI is InChI=1S/C22H22N4O3S/c27-21(24-20-23-19(16-30-20)17-8-3-1-4-9-17)25-12-7-13-26(15-14-25)22(28)29-18-10-5-2-6-11-18/h1-6,8-11,16H,7,12-15H2,(H,23,24,27). The van der Waals surface area contributed by atoms with Crippen molar-refractivity contribution in [1.29, 1.82) is 0 Å². The molecule has 1 saturated heterocycles. The van der Waals surface area contributed by atoms with Crippen molar-refractivity contribution in [2.24, 2.45) is 0 Å². The Kier molecular flexibility index (Phi) is 6.24. The lowest BCUT2D eigenvalue weighted by Gasteiger charge is -2.21. The van der Waals surface area contributed by atoms with E-state index in [-0.39, 0.29) is 6.03 Å². The molecule has 0 bridgehead atoms. The summed E-state index contributed by atoms with van der Waals surface area (Å²) in [5.74, 6) is 0.513. The van der Waals surface area contributed by atoms with Crippen LogP contribution in [0, 0.1) is 0 Å². The van der Waals surface area contributed by atoms with Crippen LogP contribution in [0.2, 0.25) is 0 Å². The minimum Gasteiger partial charge on any atom is -0.410 e. The predicted octanol–water partition coefficient (Wildman–Crippen LogP) is 4.55. The Bertz CT molecular complexity index is 994. The molecule has 0 atom stereocenters. The Labute approximate surface area is 178 Å². The molecule has 1 aromatic heterocycles. The minimum atomic E-state index is -0.393. The maximum absolute atomic E-state index is 12.7. The van der Waals surface area contributed by atoms with Gasteiger partial charge in [0.1, 0.15) is 5.75 Å². The van der Waals surface area contributed by atoms with Gasteiger partial charge in [0.25, 0.3) is 0 Å². The van der Waals surface area contributed by atoms with Crippen LogP contribution in [0.25, 0.3) is 11.3 Å². The monoisotopic (exact) mass is 422 g/mol. The van der Waals surface area contributed by atoms with E-state index >= 15 is 0 Å². The molecule has 4 rings (SSSR count). The summed E-state index contributed by atoms with van der Waals surface area (Å²) in [4.78, 5) is 32.9. The highest BCUT2D eigenvalue weighted by atomic mass is 32.1. The summed E-state index contributed by atoms with van der Waals surface area (Å²) in [5.41, 5.74) is 1.85. The molecule has 2 aromatic carbocycles. The van der Waals surface area contributed by atoms with Crippen LogP contribution in [0.15, 0.2) is 66.0 Å². The van der Waals surface area contributed by atoms with E-state index in [1.807, 2.05) is 53.9 Å². The van der Waals surface area contributed by atoms with E-state index in [4.69, 9.17) is 4.74 Å². The fourth-order valence-electron chi connectivity index (χ4n) is 3.20. The van der Waals surface area contributed by atoms with Gasteiger partial charge in [-0.2, -0.15) is 0 Å². The van der Waals surface area contributed by atoms with Crippen LogP contribution in [-0.2, 0) is 0 Å². The third-order valence-electron chi connectivity index (χ3n) is 4.78. The van der Waals surface area contributed by atoms with Gasteiger partial charge in [-0.05, 0) is 18.6 Å². The van der Waals surface area contributed by atoms with Crippen molar-refractivity contribution in [3.05, 3.63) is 66.0 Å². The van der Waals surface area contributed by atoms with E-state index in [2.05, 4.69) is 10.3 Å². The van der Waals surface area contributed by atoms with Crippen LogP contribution in [0.5, 0.6) is 5.75 Å². The summed E-state index contributed by atoms with van der Waals surface area (Å²) in [6, 6.07) is 18.6. The minimum absolute atomic E-state index is 0.206. The first-order chi connectivity index (χ1) is 14.7. The molecule has 0 unspecified atom stereocenters. The summed E-state index contributed by atoms with van der Waals surface area (Å²) in [7, 11) is 0. The highest BCUT2D eigenvalue weighted by Crippen LogP contribution is 2.25. The molecular weight excluding hydrogens is 400 g/mol. The van der Waals surface area contributed by atoms with Crippen molar-refractivity contribution in [3.63, 3.8) is 0 Å². The van der Waals surface area contributed by atoms with Crippen LogP contribution in [0.3, 0.4) is 0 Å². The zero-order valence-electron chi connectivity index (χ0n) is 16.4. The van der Waals surface area contributed by atoms with E-state index in [1.54, 1.807) is 21.9 Å². The van der Waals surface area contributed by atoms with Crippen molar-refractivity contribution >= 4 is 28.6 Å². The van der Waals surface area contributed by atoms with Crippen LogP contribution < -0.4 is 10.1 Å². The SMILES string of the molecule is O=C(Nc1nc(-c2ccccc2)cs1)N1CCCN(C(=O)Oc2ccccc2)CC1. The van der Waals surface area contributed by atoms with Crippen molar-refractivity contribution in [2.75, 3.05) is 31.5 Å². The normalized spacial score (nSPS) is 14.1. The molecule has 154 valence electrons. The summed E-state index contributed by atoms with van der Waals surface area (Å²) >= 11 is 1.39. The maximum Gasteiger partial charge on any atom is 0.415 e. The lowest BCUT2D eigenvalue weighted by Crippen LogP contribution is -2.40. The average molecular weight is 423 g/mol. The number of aromatic nitrogens is 1. The third kappa shape index (κ3) is 4.96. The van der Waals surface area contributed by atoms with E-state index < -0.39 is 6.09 Å². The molecule has 0 saturated carbocycles. The average Bonchev–Trinajstić information content (AvgIpc) is 3.09. The van der Waals surface area contributed by atoms with Gasteiger partial charge in [-0.25, -0.2) is 14.6 Å². The van der Waals surface area contributed by atoms with Gasteiger partial charge in [-0.1, -0.05) is 48.5 Å². The number of nitrogens with zero attached hydrogens (tertiary/aromatic N) is 3. The quantitative estimate of drug-likeness (QED) is 0.672. The lowest BCUT2D eigenvalue weighted by atomic mass is 10.2. The number of urea groups is 1. The molecule has 1 aliphatic heterocycles. The molecule has 8 heteroatoms. The van der Waals surface area contributed by atoms with Gasteiger partial charge in [-0.15, -0.1) is 11.3 Å². The van der Waals surface area contributed by atoms with Crippen LogP contribution >= 0.6 is 11.3 Å². The molecule has 7 nitrogen and oxygen atoms in total. The van der Waals surface area contributed by atoms with Crippen molar-refractivity contribution in [2.45, 2.75) is 6.42 Å². The number of nitrogens with one attached hydrogen (secondary N) is 1. The van der Waals surface area contributed by atoms with Gasteiger partial charge < -0.3 is 14.5 Å². The van der Waals surface area contributed by atoms with Gasteiger partial charge in [0.15, 0.2) is 5.13 Å². The first-order valence-electron chi connectivity index (χ1n) is 9.78. The number of carbonyl (C=O) groups is 2. The van der Waals surface area contributed by atoms with Gasteiger partial charge >= 0.3 is 12.1 Å². The highest BCUT2D eigenvalue weighted by molar-refractivity contribution is 7.14. The van der Waals surface area contributed by atoms with Crippen molar-refractivity contribution in [1.82, 2.24) is 14.8 Å². The van der Waals surface area contributed by atoms with E-state index in [0.29, 0.717) is 43.5 Å². The van der Waals surface area contributed by atoms with Crippen molar-refractivity contribution in [3.8, 4) is 17.0 Å². The molecule has 0 radical (unpaired) electrons. The summed E-state index contributed by atoms with van der Waals surface area (Å²) in [6.45, 7) is 1.97. The summed E-state index contributed by atoms with van der Waals surface area (Å²) in [5, 5.41) is 5.36. The zero-order chi connectivity index (χ0) is 20.8. The fourth-order valence-corrected chi connectivity index (χ4v) is 3.91. The number of carbonyl (C=O) groups excluding carboxylic acids is 2. The molecule has 0 spiro atoms. The predicted molar refractivity (Wildman–Crippen MR) is 117 cm³/mol. The summed E-state index contributed by atoms with van der Waals surface area (Å²) < 4.78 is 5.41. The second-order valence-electron chi connectivity index (χ2n) is 6.84. The largest absolute Gasteiger partial charge is 0.415 e. The number of para-hydroxylation sites is 1. The smallest absolute Gasteiger partial charge is 0.410 e. The molecule has 1 aliphatic rings. The van der Waals surface area contributed by atoms with Gasteiger partial charge in [0, 0.05) is 37.1 Å². The summed E-state index contributed by atoms with van der Waals surface area (Å²) in [6.07, 6.45) is 0.292. The van der Waals surface area contributed by atoms with Crippen LogP contribution in [-0.4, -0.2) is 53.1 Å². The Morgan fingerprint density at radius 3 is 2.33 bits per heavy atom. The number of rotatable bonds is 3. The van der Waals surface area contributed by atoms with E-state index in [0.717, 1.165) is 11.3 Å². The Morgan fingerprint density at radius 1 is 0.900 bits per heavy atom. The number of hydrogen-bond donors (Lipinski definition) is 1. The molecule has 3 amide bonds. The van der Waals surface area contributed by atoms with E-state index in [9.17, 15) is 9.59 Å². The molecule has 30 heavy (non-hydrogen) atoms. The fraction of sp³-hybridized carbons (Fsp3) is 0.227. The number of anilines is 1. The van der Waals surface area contributed by atoms with Gasteiger partial charge in [0.2, 0.25) is 0 Å². The number of benzene rings is 2. The molecule has 1 N–H and O–H groups in total. The maximum atomic E-state index is 12.7. The topological polar surface area (TPSA) is 74.8 Å². The van der Waals surface area contributed by atoms with Gasteiger partial charge in [0.05, 0.1) is 5.69 Å². The second kappa shape index (κ2) is 9.41.